The van der Waals surface area contributed by atoms with Crippen LogP contribution in [0, 0.1) is 0 Å². The molecule has 0 fully saturated rings. The van der Waals surface area contributed by atoms with Gasteiger partial charge in [0.1, 0.15) is 12.4 Å². The molecule has 0 spiro atoms. The normalized spacial score (nSPS) is 14.1. The van der Waals surface area contributed by atoms with Crippen LogP contribution in [-0.4, -0.2) is 30.5 Å². The summed E-state index contributed by atoms with van der Waals surface area (Å²) >= 11 is 5.89. The van der Waals surface area contributed by atoms with Crippen molar-refractivity contribution in [1.29, 1.82) is 0 Å². The molecule has 0 saturated carbocycles. The van der Waals surface area contributed by atoms with Crippen LogP contribution in [0.1, 0.15) is 23.1 Å². The fourth-order valence-corrected chi connectivity index (χ4v) is 3.27. The Hall–Kier alpha value is -1.96. The molecule has 5 nitrogen and oxygen atoms in total. The molecule has 0 aromatic heterocycles. The van der Waals surface area contributed by atoms with Gasteiger partial charge in [-0.3, -0.25) is 4.52 Å². The Morgan fingerprint density at radius 2 is 1.97 bits per heavy atom. The highest BCUT2D eigenvalue weighted by Crippen LogP contribution is 2.37. The SMILES string of the molecule is NC(CO)(CCc1ccc(OCC=Cc2cccc(Cl)c2)c(C(F)(F)F)c1)COP=O. The predicted molar refractivity (Wildman–Crippen MR) is 113 cm³/mol. The first kappa shape index (κ1) is 25.3. The standard InChI is InChI=1S/C21H22ClF3NO4P/c22-17-5-1-3-15(11-17)4-2-10-29-19-7-6-16(12-18(19)21(23,24)25)8-9-20(26,13-27)14-30-31-28/h1-7,11-12,27H,8-10,13-14,26H2. The van der Waals surface area contributed by atoms with E-state index in [9.17, 15) is 22.8 Å². The molecule has 0 bridgehead atoms. The van der Waals surface area contributed by atoms with E-state index in [-0.39, 0.29) is 31.8 Å². The zero-order valence-electron chi connectivity index (χ0n) is 16.4. The van der Waals surface area contributed by atoms with Crippen molar-refractivity contribution < 1.29 is 32.1 Å². The van der Waals surface area contributed by atoms with Crippen molar-refractivity contribution >= 4 is 26.4 Å². The summed E-state index contributed by atoms with van der Waals surface area (Å²) in [6.07, 6.45) is -1.01. The monoisotopic (exact) mass is 475 g/mol. The molecule has 0 aliphatic heterocycles. The van der Waals surface area contributed by atoms with Crippen LogP contribution in [0.15, 0.2) is 48.5 Å². The van der Waals surface area contributed by atoms with Gasteiger partial charge in [0.2, 0.25) is 0 Å². The second-order valence-electron chi connectivity index (χ2n) is 6.97. The summed E-state index contributed by atoms with van der Waals surface area (Å²) in [6, 6.07) is 10.8. The number of halogens is 4. The van der Waals surface area contributed by atoms with Gasteiger partial charge in [-0.05, 0) is 54.3 Å². The Labute approximate surface area is 184 Å². The summed E-state index contributed by atoms with van der Waals surface area (Å²) in [4.78, 5) is 0. The summed E-state index contributed by atoms with van der Waals surface area (Å²) < 4.78 is 61.0. The maximum Gasteiger partial charge on any atom is 0.419 e. The average molecular weight is 476 g/mol. The van der Waals surface area contributed by atoms with E-state index < -0.39 is 32.6 Å². The van der Waals surface area contributed by atoms with Crippen LogP contribution in [0.3, 0.4) is 0 Å². The largest absolute Gasteiger partial charge is 0.489 e. The number of rotatable bonds is 11. The van der Waals surface area contributed by atoms with E-state index >= 15 is 0 Å². The Morgan fingerprint density at radius 3 is 2.61 bits per heavy atom. The molecule has 1 atom stereocenters. The van der Waals surface area contributed by atoms with Gasteiger partial charge in [-0.2, -0.15) is 13.2 Å². The summed E-state index contributed by atoms with van der Waals surface area (Å²) in [5.41, 5.74) is 5.00. The van der Waals surface area contributed by atoms with Gasteiger partial charge in [-0.15, -0.1) is 0 Å². The summed E-state index contributed by atoms with van der Waals surface area (Å²) in [7, 11) is -0.586. The van der Waals surface area contributed by atoms with Crippen LogP contribution >= 0.6 is 20.3 Å². The first-order chi connectivity index (χ1) is 14.7. The third-order valence-electron chi connectivity index (χ3n) is 4.47. The predicted octanol–water partition coefficient (Wildman–Crippen LogP) is 5.30. The molecule has 1 unspecified atom stereocenters. The maximum atomic E-state index is 13.5. The van der Waals surface area contributed by atoms with Gasteiger partial charge in [0.15, 0.2) is 0 Å². The van der Waals surface area contributed by atoms with Crippen LogP contribution in [0.2, 0.25) is 5.02 Å². The summed E-state index contributed by atoms with van der Waals surface area (Å²) in [5.74, 6) is -0.290. The van der Waals surface area contributed by atoms with E-state index in [1.165, 1.54) is 12.1 Å². The molecule has 31 heavy (non-hydrogen) atoms. The lowest BCUT2D eigenvalue weighted by Crippen LogP contribution is -2.47. The number of benzene rings is 2. The molecule has 10 heteroatoms. The highest BCUT2D eigenvalue weighted by atomic mass is 35.5. The van der Waals surface area contributed by atoms with Crippen molar-refractivity contribution in [3.8, 4) is 5.75 Å². The van der Waals surface area contributed by atoms with Gasteiger partial charge in [0.05, 0.1) is 24.3 Å². The van der Waals surface area contributed by atoms with Crippen LogP contribution in [0.4, 0.5) is 13.2 Å². The number of hydrogen-bond donors (Lipinski definition) is 2. The Morgan fingerprint density at radius 1 is 1.19 bits per heavy atom. The highest BCUT2D eigenvalue weighted by molar-refractivity contribution is 7.17. The lowest BCUT2D eigenvalue weighted by molar-refractivity contribution is -0.138. The molecule has 168 valence electrons. The number of hydrogen-bond acceptors (Lipinski definition) is 5. The fraction of sp³-hybridized carbons (Fsp3) is 0.333. The third-order valence-corrected chi connectivity index (χ3v) is 4.94. The number of aliphatic hydroxyl groups is 1. The first-order valence-electron chi connectivity index (χ1n) is 9.26. The quantitative estimate of drug-likeness (QED) is 0.431. The second-order valence-corrected chi connectivity index (χ2v) is 7.81. The van der Waals surface area contributed by atoms with Gasteiger partial charge >= 0.3 is 14.9 Å². The zero-order chi connectivity index (χ0) is 22.9. The van der Waals surface area contributed by atoms with Crippen LogP contribution in [-0.2, 0) is 21.7 Å². The minimum atomic E-state index is -4.61. The molecule has 0 amide bonds. The van der Waals surface area contributed by atoms with E-state index in [4.69, 9.17) is 22.1 Å². The first-order valence-corrected chi connectivity index (χ1v) is 10.4. The molecule has 0 radical (unpaired) electrons. The lowest BCUT2D eigenvalue weighted by Gasteiger charge is -2.25. The van der Waals surface area contributed by atoms with Crippen molar-refractivity contribution in [2.75, 3.05) is 19.8 Å². The molecule has 0 aliphatic carbocycles. The molecular weight excluding hydrogens is 454 g/mol. The molecule has 2 aromatic rings. The number of nitrogens with two attached hydrogens (primary N) is 1. The van der Waals surface area contributed by atoms with Crippen molar-refractivity contribution in [3.63, 3.8) is 0 Å². The molecule has 3 N–H and O–H groups in total. The highest BCUT2D eigenvalue weighted by Gasteiger charge is 2.35. The maximum absolute atomic E-state index is 13.5. The van der Waals surface area contributed by atoms with Crippen molar-refractivity contribution in [1.82, 2.24) is 0 Å². The topological polar surface area (TPSA) is 81.8 Å². The smallest absolute Gasteiger partial charge is 0.419 e. The minimum Gasteiger partial charge on any atom is -0.489 e. The van der Waals surface area contributed by atoms with Crippen LogP contribution in [0.5, 0.6) is 5.75 Å². The number of aryl methyl sites for hydroxylation is 1. The lowest BCUT2D eigenvalue weighted by atomic mass is 9.93. The molecule has 0 heterocycles. The summed E-state index contributed by atoms with van der Waals surface area (Å²) in [6.45, 7) is -0.716. The van der Waals surface area contributed by atoms with Crippen molar-refractivity contribution in [2.24, 2.45) is 5.73 Å². The molecular formula is C21H22ClF3NO4P. The van der Waals surface area contributed by atoms with Crippen LogP contribution in [0.25, 0.3) is 6.08 Å². The van der Waals surface area contributed by atoms with Gasteiger partial charge in [0, 0.05) is 5.02 Å². The second kappa shape index (κ2) is 11.6. The van der Waals surface area contributed by atoms with E-state index in [1.54, 1.807) is 30.4 Å². The van der Waals surface area contributed by atoms with Crippen LogP contribution < -0.4 is 10.5 Å². The van der Waals surface area contributed by atoms with Crippen molar-refractivity contribution in [2.45, 2.75) is 24.6 Å². The molecule has 0 saturated heterocycles. The van der Waals surface area contributed by atoms with Gasteiger partial charge in [0.25, 0.3) is 0 Å². The Bertz CT molecular complexity index is 910. The van der Waals surface area contributed by atoms with E-state index in [1.807, 2.05) is 6.07 Å². The van der Waals surface area contributed by atoms with Crippen molar-refractivity contribution in [3.05, 3.63) is 70.3 Å². The van der Waals surface area contributed by atoms with Gasteiger partial charge in [-0.25, -0.2) is 4.57 Å². The van der Waals surface area contributed by atoms with E-state index in [0.29, 0.717) is 10.6 Å². The molecule has 2 aromatic carbocycles. The minimum absolute atomic E-state index is 0.0584. The van der Waals surface area contributed by atoms with Gasteiger partial charge in [-0.1, -0.05) is 35.9 Å². The number of aliphatic hydroxyl groups excluding tert-OH is 1. The molecule has 2 rings (SSSR count). The number of alkyl halides is 3. The Balaban J connectivity index is 2.08. The van der Waals surface area contributed by atoms with E-state index in [0.717, 1.165) is 11.6 Å². The van der Waals surface area contributed by atoms with Gasteiger partial charge < -0.3 is 15.6 Å². The Kier molecular flexibility index (Phi) is 9.47. The molecule has 0 aliphatic rings. The van der Waals surface area contributed by atoms with E-state index in [2.05, 4.69) is 4.52 Å². The summed E-state index contributed by atoms with van der Waals surface area (Å²) in [5, 5.41) is 9.97. The number of ether oxygens (including phenoxy) is 1. The average Bonchev–Trinajstić information content (AvgIpc) is 2.73. The third kappa shape index (κ3) is 8.24. The fourth-order valence-electron chi connectivity index (χ4n) is 2.76. The zero-order valence-corrected chi connectivity index (χ0v) is 18.1.